The number of ether oxygens (including phenoxy) is 2. The fraction of sp³-hybridized carbons (Fsp3) is 0.308. The Morgan fingerprint density at radius 2 is 2.08 bits per heavy atom. The van der Waals surface area contributed by atoms with Gasteiger partial charge in [0.1, 0.15) is 18.2 Å². The Bertz CT molecular complexity index is 1490. The number of hydrogen-bond donors (Lipinski definition) is 4. The maximum atomic E-state index is 14.8. The molecule has 1 aliphatic carbocycles. The summed E-state index contributed by atoms with van der Waals surface area (Å²) in [7, 11) is 1.54. The number of hydrogen-bond acceptors (Lipinski definition) is 8. The number of amides is 3. The number of aliphatic hydroxyl groups is 1. The average molecular weight is 555 g/mol. The Kier molecular flexibility index (Phi) is 8.00. The summed E-state index contributed by atoms with van der Waals surface area (Å²) in [6, 6.07) is 7.58. The third-order valence-electron chi connectivity index (χ3n) is 5.97. The molecular weight excluding hydrogens is 527 g/mol. The number of nitrogens with zero attached hydrogens (tertiary/aromatic N) is 3. The Labute approximate surface area is 227 Å². The summed E-state index contributed by atoms with van der Waals surface area (Å²) >= 11 is 1.37. The molecule has 5 rings (SSSR count). The molecule has 204 valence electrons. The summed E-state index contributed by atoms with van der Waals surface area (Å²) in [6.45, 7) is 0.316. The van der Waals surface area contributed by atoms with Gasteiger partial charge in [0.05, 0.1) is 40.1 Å². The quantitative estimate of drug-likeness (QED) is 0.221. The van der Waals surface area contributed by atoms with Gasteiger partial charge in [0.25, 0.3) is 0 Å². The van der Waals surface area contributed by atoms with E-state index in [4.69, 9.17) is 9.47 Å². The number of carbonyl (C=O) groups excluding carboxylic acids is 2. The van der Waals surface area contributed by atoms with E-state index in [-0.39, 0.29) is 24.4 Å². The van der Waals surface area contributed by atoms with Gasteiger partial charge in [0, 0.05) is 43.7 Å². The number of pyridine rings is 1. The van der Waals surface area contributed by atoms with E-state index in [1.54, 1.807) is 31.6 Å². The second kappa shape index (κ2) is 11.8. The predicted molar refractivity (Wildman–Crippen MR) is 143 cm³/mol. The molecule has 0 atom stereocenters. The Morgan fingerprint density at radius 3 is 2.82 bits per heavy atom. The van der Waals surface area contributed by atoms with E-state index in [0.717, 1.165) is 17.7 Å². The van der Waals surface area contributed by atoms with Gasteiger partial charge in [-0.05, 0) is 31.0 Å². The molecular formula is C26H27FN6O5S. The van der Waals surface area contributed by atoms with Gasteiger partial charge < -0.3 is 35.1 Å². The van der Waals surface area contributed by atoms with Crippen LogP contribution < -0.4 is 15.4 Å². The molecule has 1 aromatic carbocycles. The smallest absolute Gasteiger partial charge is 0.319 e. The molecule has 0 bridgehead atoms. The number of benzene rings is 1. The van der Waals surface area contributed by atoms with E-state index in [9.17, 15) is 19.1 Å². The molecule has 3 aromatic heterocycles. The lowest BCUT2D eigenvalue weighted by Crippen LogP contribution is -2.35. The minimum absolute atomic E-state index is 0.00980. The molecule has 0 unspecified atom stereocenters. The van der Waals surface area contributed by atoms with Gasteiger partial charge in [0.2, 0.25) is 5.91 Å². The summed E-state index contributed by atoms with van der Waals surface area (Å²) in [5.74, 6) is -0.0159. The summed E-state index contributed by atoms with van der Waals surface area (Å²) in [4.78, 5) is 38.3. The van der Waals surface area contributed by atoms with Crippen LogP contribution in [0.25, 0.3) is 20.9 Å². The van der Waals surface area contributed by atoms with E-state index in [0.29, 0.717) is 46.3 Å². The van der Waals surface area contributed by atoms with Crippen LogP contribution in [0.4, 0.5) is 14.9 Å². The van der Waals surface area contributed by atoms with Gasteiger partial charge >= 0.3 is 6.03 Å². The van der Waals surface area contributed by atoms with Crippen molar-refractivity contribution >= 4 is 39.2 Å². The normalized spacial score (nSPS) is 12.9. The molecule has 0 spiro atoms. The van der Waals surface area contributed by atoms with Crippen LogP contribution in [0.3, 0.4) is 0 Å². The molecule has 0 radical (unpaired) electrons. The molecule has 4 N–H and O–H groups in total. The van der Waals surface area contributed by atoms with Crippen LogP contribution in [-0.2, 0) is 16.1 Å². The zero-order valence-corrected chi connectivity index (χ0v) is 21.9. The summed E-state index contributed by atoms with van der Waals surface area (Å²) < 4.78 is 26.5. The van der Waals surface area contributed by atoms with Crippen molar-refractivity contribution in [3.63, 3.8) is 0 Å². The molecule has 39 heavy (non-hydrogen) atoms. The van der Waals surface area contributed by atoms with E-state index in [2.05, 4.69) is 25.6 Å². The van der Waals surface area contributed by atoms with Crippen LogP contribution >= 0.6 is 11.3 Å². The van der Waals surface area contributed by atoms with Gasteiger partial charge in [0.15, 0.2) is 11.6 Å². The molecule has 13 heteroatoms. The van der Waals surface area contributed by atoms with Crippen LogP contribution in [-0.4, -0.2) is 69.8 Å². The van der Waals surface area contributed by atoms with Crippen LogP contribution in [0, 0.1) is 5.82 Å². The number of aromatic nitrogens is 3. The number of carbonyl (C=O) groups is 2. The van der Waals surface area contributed by atoms with Crippen LogP contribution in [0.5, 0.6) is 11.5 Å². The first-order chi connectivity index (χ1) is 18.9. The topological polar surface area (TPSA) is 142 Å². The molecule has 11 nitrogen and oxygen atoms in total. The Hall–Kier alpha value is -4.07. The maximum Gasteiger partial charge on any atom is 0.319 e. The molecule has 1 aliphatic rings. The molecule has 1 fully saturated rings. The number of thiophene rings is 1. The van der Waals surface area contributed by atoms with E-state index < -0.39 is 18.3 Å². The zero-order chi connectivity index (χ0) is 27.4. The number of methoxy groups -OCH3 is 1. The second-order valence-corrected chi connectivity index (χ2v) is 10.0. The third-order valence-corrected chi connectivity index (χ3v) is 7.12. The minimum atomic E-state index is -0.618. The summed E-state index contributed by atoms with van der Waals surface area (Å²) in [5, 5.41) is 14.7. The monoisotopic (exact) mass is 554 g/mol. The molecule has 3 amide bonds. The average Bonchev–Trinajstić information content (AvgIpc) is 3.42. The zero-order valence-electron chi connectivity index (χ0n) is 21.1. The number of urea groups is 1. The molecule has 1 saturated carbocycles. The first kappa shape index (κ1) is 26.5. The lowest BCUT2D eigenvalue weighted by Gasteiger charge is -2.20. The number of anilines is 1. The van der Waals surface area contributed by atoms with Gasteiger partial charge in [-0.25, -0.2) is 14.2 Å². The van der Waals surface area contributed by atoms with Crippen molar-refractivity contribution in [3.05, 3.63) is 54.2 Å². The lowest BCUT2D eigenvalue weighted by molar-refractivity contribution is -0.135. The van der Waals surface area contributed by atoms with E-state index in [1.165, 1.54) is 28.4 Å². The fourth-order valence-electron chi connectivity index (χ4n) is 3.84. The Balaban J connectivity index is 1.31. The number of fused-ring (bicyclic) bond motifs is 1. The summed E-state index contributed by atoms with van der Waals surface area (Å²) in [5.41, 5.74) is 1.66. The van der Waals surface area contributed by atoms with Crippen molar-refractivity contribution < 1.29 is 28.6 Å². The number of halogens is 1. The highest BCUT2D eigenvalue weighted by Crippen LogP contribution is 2.39. The summed E-state index contributed by atoms with van der Waals surface area (Å²) in [6.07, 6.45) is 5.12. The van der Waals surface area contributed by atoms with Gasteiger partial charge in [-0.1, -0.05) is 0 Å². The van der Waals surface area contributed by atoms with Crippen molar-refractivity contribution in [2.75, 3.05) is 32.2 Å². The van der Waals surface area contributed by atoms with Crippen molar-refractivity contribution in [3.8, 4) is 22.2 Å². The number of nitrogens with one attached hydrogen (secondary N) is 3. The number of imidazole rings is 1. The highest BCUT2D eigenvalue weighted by molar-refractivity contribution is 7.22. The van der Waals surface area contributed by atoms with Crippen molar-refractivity contribution in [1.82, 2.24) is 25.2 Å². The van der Waals surface area contributed by atoms with Gasteiger partial charge in [-0.2, -0.15) is 0 Å². The molecule has 0 aliphatic heterocycles. The van der Waals surface area contributed by atoms with Gasteiger partial charge in [-0.3, -0.25) is 9.78 Å². The first-order valence-electron chi connectivity index (χ1n) is 12.3. The van der Waals surface area contributed by atoms with Crippen molar-refractivity contribution in [2.24, 2.45) is 0 Å². The largest absolute Gasteiger partial charge is 0.453 e. The SMILES string of the molecule is COCCN(Cc1cnc(-c2cc3nccc(Oc4ccc(NC(=O)NC5CC5)cc4F)c3s2)[nH]1)C(=O)CO. The number of aliphatic hydroxyl groups excluding tert-OH is 1. The van der Waals surface area contributed by atoms with Crippen molar-refractivity contribution in [1.29, 1.82) is 0 Å². The van der Waals surface area contributed by atoms with E-state index in [1.807, 2.05) is 6.07 Å². The standard InChI is InChI=1S/C26H27FN6O5S/c1-37-9-8-33(23(35)14-34)13-17-12-29-25(30-17)22-11-19-24(39-22)21(6-7-28-19)38-20-5-4-16(10-18(20)27)32-26(36)31-15-2-3-15/h4-7,10-12,15,34H,2-3,8-9,13-14H2,1H3,(H,29,30)(H2,31,32,36). The predicted octanol–water partition coefficient (Wildman–Crippen LogP) is 3.87. The number of rotatable bonds is 11. The molecule has 4 aromatic rings. The third kappa shape index (κ3) is 6.50. The Morgan fingerprint density at radius 1 is 1.23 bits per heavy atom. The maximum absolute atomic E-state index is 14.8. The fourth-order valence-corrected chi connectivity index (χ4v) is 4.85. The van der Waals surface area contributed by atoms with Crippen LogP contribution in [0.2, 0.25) is 0 Å². The second-order valence-electron chi connectivity index (χ2n) is 8.98. The van der Waals surface area contributed by atoms with Crippen LogP contribution in [0.15, 0.2) is 42.7 Å². The highest BCUT2D eigenvalue weighted by Gasteiger charge is 2.23. The number of aromatic amines is 1. The minimum Gasteiger partial charge on any atom is -0.453 e. The van der Waals surface area contributed by atoms with Crippen molar-refractivity contribution in [2.45, 2.75) is 25.4 Å². The molecule has 0 saturated heterocycles. The lowest BCUT2D eigenvalue weighted by atomic mass is 10.3. The first-order valence-corrected chi connectivity index (χ1v) is 13.1. The number of H-pyrrole nitrogens is 1. The van der Waals surface area contributed by atoms with Gasteiger partial charge in [-0.15, -0.1) is 11.3 Å². The highest BCUT2D eigenvalue weighted by atomic mass is 32.1. The van der Waals surface area contributed by atoms with E-state index >= 15 is 0 Å². The molecule has 3 heterocycles. The van der Waals surface area contributed by atoms with Crippen LogP contribution in [0.1, 0.15) is 18.5 Å².